The van der Waals surface area contributed by atoms with Gasteiger partial charge in [0.2, 0.25) is 5.91 Å². The molecule has 0 unspecified atom stereocenters. The second-order valence-electron chi connectivity index (χ2n) is 9.08. The maximum Gasteiger partial charge on any atom is 0.311 e. The van der Waals surface area contributed by atoms with Gasteiger partial charge in [-0.2, -0.15) is 0 Å². The van der Waals surface area contributed by atoms with Crippen molar-refractivity contribution in [3.05, 3.63) is 84.4 Å². The normalized spacial score (nSPS) is 15.3. The second kappa shape index (κ2) is 11.0. The molecule has 1 aliphatic rings. The predicted molar refractivity (Wildman–Crippen MR) is 134 cm³/mol. The number of carbonyl (C=O) groups is 3. The van der Waals surface area contributed by atoms with Crippen molar-refractivity contribution in [3.63, 3.8) is 0 Å². The Labute approximate surface area is 205 Å². The van der Waals surface area contributed by atoms with Crippen LogP contribution in [0.15, 0.2) is 78.9 Å². The molecular formula is C29H29NO5. The lowest BCUT2D eigenvalue weighted by molar-refractivity contribution is -0.147. The van der Waals surface area contributed by atoms with Gasteiger partial charge in [0.1, 0.15) is 5.75 Å². The van der Waals surface area contributed by atoms with Gasteiger partial charge in [0.15, 0.2) is 12.4 Å². The fourth-order valence-corrected chi connectivity index (χ4v) is 3.92. The summed E-state index contributed by atoms with van der Waals surface area (Å²) in [7, 11) is 0. The van der Waals surface area contributed by atoms with Crippen LogP contribution >= 0.6 is 0 Å². The van der Waals surface area contributed by atoms with E-state index in [9.17, 15) is 14.4 Å². The summed E-state index contributed by atoms with van der Waals surface area (Å²) in [6, 6.07) is 24.3. The number of rotatable bonds is 9. The zero-order chi connectivity index (χ0) is 24.8. The Bertz CT molecular complexity index is 1170. The van der Waals surface area contributed by atoms with E-state index in [4.69, 9.17) is 9.47 Å². The van der Waals surface area contributed by atoms with Crippen LogP contribution < -0.4 is 9.64 Å². The Balaban J connectivity index is 1.29. The van der Waals surface area contributed by atoms with Crippen LogP contribution in [0.25, 0.3) is 11.1 Å². The number of Topliss-reactive ketones (excluding diaryl/α,β-unsaturated/α-hetero) is 1. The summed E-state index contributed by atoms with van der Waals surface area (Å²) in [6.45, 7) is 4.64. The fraction of sp³-hybridized carbons (Fsp3) is 0.276. The van der Waals surface area contributed by atoms with Crippen molar-refractivity contribution in [1.29, 1.82) is 0 Å². The molecule has 1 amide bonds. The largest absolute Gasteiger partial charge is 0.493 e. The van der Waals surface area contributed by atoms with Gasteiger partial charge in [0.05, 0.1) is 12.5 Å². The van der Waals surface area contributed by atoms with Crippen LogP contribution in [0.5, 0.6) is 5.75 Å². The van der Waals surface area contributed by atoms with Crippen LogP contribution in [0.2, 0.25) is 0 Å². The molecule has 4 rings (SSSR count). The molecule has 1 saturated heterocycles. The van der Waals surface area contributed by atoms with Crippen LogP contribution in [0.1, 0.15) is 30.6 Å². The lowest BCUT2D eigenvalue weighted by Gasteiger charge is -2.17. The molecule has 0 aliphatic carbocycles. The zero-order valence-corrected chi connectivity index (χ0v) is 20.0. The van der Waals surface area contributed by atoms with Crippen LogP contribution in [0.4, 0.5) is 5.69 Å². The number of hydrogen-bond acceptors (Lipinski definition) is 5. The molecule has 0 radical (unpaired) electrons. The molecule has 6 nitrogen and oxygen atoms in total. The van der Waals surface area contributed by atoms with Crippen molar-refractivity contribution < 1.29 is 23.9 Å². The first kappa shape index (κ1) is 24.2. The van der Waals surface area contributed by atoms with E-state index in [1.807, 2.05) is 66.7 Å². The van der Waals surface area contributed by atoms with Crippen LogP contribution in [-0.4, -0.2) is 37.4 Å². The average Bonchev–Trinajstić information content (AvgIpc) is 3.28. The van der Waals surface area contributed by atoms with Gasteiger partial charge in [-0.15, -0.1) is 0 Å². The summed E-state index contributed by atoms with van der Waals surface area (Å²) < 4.78 is 11.0. The Morgan fingerprint density at radius 1 is 0.914 bits per heavy atom. The lowest BCUT2D eigenvalue weighted by Crippen LogP contribution is -2.27. The highest BCUT2D eigenvalue weighted by Gasteiger charge is 2.36. The molecular weight excluding hydrogens is 442 g/mol. The zero-order valence-electron chi connectivity index (χ0n) is 20.0. The van der Waals surface area contributed by atoms with Gasteiger partial charge in [-0.05, 0) is 41.3 Å². The van der Waals surface area contributed by atoms with Crippen LogP contribution in [-0.2, 0) is 14.3 Å². The summed E-state index contributed by atoms with van der Waals surface area (Å²) in [5.74, 6) is -0.413. The molecule has 3 aromatic rings. The Morgan fingerprint density at radius 3 is 2.23 bits per heavy atom. The van der Waals surface area contributed by atoms with Crippen LogP contribution in [0, 0.1) is 11.8 Å². The molecule has 1 aliphatic heterocycles. The third-order valence-corrected chi connectivity index (χ3v) is 5.85. The van der Waals surface area contributed by atoms with Crippen molar-refractivity contribution in [2.75, 3.05) is 24.7 Å². The SMILES string of the molecule is CC(C)COc1ccc(N2C[C@@H](C(=O)OCC(=O)c3ccc(-c4ccccc4)cc3)CC2=O)cc1. The highest BCUT2D eigenvalue weighted by atomic mass is 16.5. The van der Waals surface area contributed by atoms with Crippen molar-refractivity contribution in [2.45, 2.75) is 20.3 Å². The number of amides is 1. The molecule has 1 heterocycles. The molecule has 0 saturated carbocycles. The van der Waals surface area contributed by atoms with E-state index >= 15 is 0 Å². The maximum atomic E-state index is 12.6. The highest BCUT2D eigenvalue weighted by molar-refractivity contribution is 6.01. The average molecular weight is 472 g/mol. The number of esters is 1. The minimum absolute atomic E-state index is 0.0599. The number of nitrogens with zero attached hydrogens (tertiary/aromatic N) is 1. The van der Waals surface area contributed by atoms with Crippen molar-refractivity contribution in [2.24, 2.45) is 11.8 Å². The quantitative estimate of drug-likeness (QED) is 0.318. The van der Waals surface area contributed by atoms with E-state index in [0.29, 0.717) is 23.8 Å². The number of carbonyl (C=O) groups excluding carboxylic acids is 3. The number of hydrogen-bond donors (Lipinski definition) is 0. The molecule has 35 heavy (non-hydrogen) atoms. The van der Waals surface area contributed by atoms with Crippen molar-refractivity contribution >= 4 is 23.3 Å². The van der Waals surface area contributed by atoms with Crippen molar-refractivity contribution in [1.82, 2.24) is 0 Å². The van der Waals surface area contributed by atoms with Crippen molar-refractivity contribution in [3.8, 4) is 16.9 Å². The first-order chi connectivity index (χ1) is 16.9. The van der Waals surface area contributed by atoms with Gasteiger partial charge >= 0.3 is 5.97 Å². The summed E-state index contributed by atoms with van der Waals surface area (Å²) in [6.07, 6.45) is 0.0599. The van der Waals surface area contributed by atoms with Gasteiger partial charge in [-0.25, -0.2) is 0 Å². The minimum Gasteiger partial charge on any atom is -0.493 e. The molecule has 1 atom stereocenters. The van der Waals surface area contributed by atoms with E-state index < -0.39 is 11.9 Å². The van der Waals surface area contributed by atoms with E-state index in [0.717, 1.165) is 16.9 Å². The van der Waals surface area contributed by atoms with Gasteiger partial charge < -0.3 is 14.4 Å². The predicted octanol–water partition coefficient (Wildman–Crippen LogP) is 5.17. The Morgan fingerprint density at radius 2 is 1.57 bits per heavy atom. The van der Waals surface area contributed by atoms with E-state index in [-0.39, 0.29) is 31.3 Å². The Hall–Kier alpha value is -3.93. The number of anilines is 1. The summed E-state index contributed by atoms with van der Waals surface area (Å²) in [5.41, 5.74) is 3.24. The fourth-order valence-electron chi connectivity index (χ4n) is 3.92. The van der Waals surface area contributed by atoms with E-state index in [1.54, 1.807) is 17.0 Å². The molecule has 0 aromatic heterocycles. The minimum atomic E-state index is -0.604. The molecule has 1 fully saturated rings. The molecule has 3 aromatic carbocycles. The van der Waals surface area contributed by atoms with Gasteiger partial charge in [-0.1, -0.05) is 68.4 Å². The number of benzene rings is 3. The first-order valence-corrected chi connectivity index (χ1v) is 11.8. The summed E-state index contributed by atoms with van der Waals surface area (Å²) >= 11 is 0. The first-order valence-electron chi connectivity index (χ1n) is 11.8. The standard InChI is InChI=1S/C29H29NO5/c1-20(2)18-34-26-14-12-25(13-15-26)30-17-24(16-28(30)32)29(33)35-19-27(31)23-10-8-22(9-11-23)21-6-4-3-5-7-21/h3-15,20,24H,16-19H2,1-2H3/t24-/m0/s1. The molecule has 0 N–H and O–H groups in total. The monoisotopic (exact) mass is 471 g/mol. The van der Waals surface area contributed by atoms with E-state index in [1.165, 1.54) is 0 Å². The third-order valence-electron chi connectivity index (χ3n) is 5.85. The molecule has 180 valence electrons. The number of ether oxygens (including phenoxy) is 2. The van der Waals surface area contributed by atoms with Gasteiger partial charge in [0, 0.05) is 24.2 Å². The lowest BCUT2D eigenvalue weighted by atomic mass is 10.0. The topological polar surface area (TPSA) is 72.9 Å². The van der Waals surface area contributed by atoms with Gasteiger partial charge in [0.25, 0.3) is 0 Å². The summed E-state index contributed by atoms with van der Waals surface area (Å²) in [5, 5.41) is 0. The smallest absolute Gasteiger partial charge is 0.311 e. The number of ketones is 1. The maximum absolute atomic E-state index is 12.6. The highest BCUT2D eigenvalue weighted by Crippen LogP contribution is 2.28. The molecule has 6 heteroatoms. The Kier molecular flexibility index (Phi) is 7.60. The van der Waals surface area contributed by atoms with E-state index in [2.05, 4.69) is 13.8 Å². The van der Waals surface area contributed by atoms with Gasteiger partial charge in [-0.3, -0.25) is 14.4 Å². The molecule has 0 spiro atoms. The second-order valence-corrected chi connectivity index (χ2v) is 9.08. The summed E-state index contributed by atoms with van der Waals surface area (Å²) in [4.78, 5) is 39.2. The molecule has 0 bridgehead atoms. The van der Waals surface area contributed by atoms with Crippen LogP contribution in [0.3, 0.4) is 0 Å². The third kappa shape index (κ3) is 6.15.